The average molecular weight is 267 g/mol. The molecule has 1 aliphatic rings. The van der Waals surface area contributed by atoms with Gasteiger partial charge in [-0.25, -0.2) is 4.79 Å². The Labute approximate surface area is 113 Å². The molecule has 0 atom stereocenters. The first-order valence-corrected chi connectivity index (χ1v) is 6.49. The zero-order chi connectivity index (χ0) is 14.0. The lowest BCUT2D eigenvalue weighted by Gasteiger charge is -2.29. The van der Waals surface area contributed by atoms with Crippen LogP contribution in [0.4, 0.5) is 4.79 Å². The van der Waals surface area contributed by atoms with Crippen LogP contribution in [0.25, 0.3) is 0 Å². The Morgan fingerprint density at radius 1 is 1.53 bits per heavy atom. The molecule has 2 rings (SSSR count). The first kappa shape index (κ1) is 13.9. The molecule has 0 aromatic carbocycles. The Bertz CT molecular complexity index is 462. The van der Waals surface area contributed by atoms with E-state index in [0.717, 1.165) is 23.4 Å². The van der Waals surface area contributed by atoms with Gasteiger partial charge in [-0.05, 0) is 34.2 Å². The molecular formula is C13H21N3O3. The van der Waals surface area contributed by atoms with E-state index in [1.54, 1.807) is 4.90 Å². The highest BCUT2D eigenvalue weighted by atomic mass is 16.6. The third-order valence-electron chi connectivity index (χ3n) is 2.91. The van der Waals surface area contributed by atoms with Crippen LogP contribution in [-0.2, 0) is 24.2 Å². The van der Waals surface area contributed by atoms with Crippen molar-refractivity contribution >= 4 is 6.09 Å². The van der Waals surface area contributed by atoms with E-state index in [-0.39, 0.29) is 6.09 Å². The second-order valence-electron chi connectivity index (χ2n) is 5.71. The molecule has 6 nitrogen and oxygen atoms in total. The van der Waals surface area contributed by atoms with Gasteiger partial charge in [0.25, 0.3) is 0 Å². The molecule has 0 spiro atoms. The fourth-order valence-corrected chi connectivity index (χ4v) is 2.08. The molecule has 0 saturated heterocycles. The highest BCUT2D eigenvalue weighted by Crippen LogP contribution is 2.23. The number of carbonyl (C=O) groups excluding carboxylic acids is 1. The van der Waals surface area contributed by atoms with Gasteiger partial charge in [-0.2, -0.15) is 0 Å². The Balaban J connectivity index is 2.04. The number of aromatic nitrogens is 1. The van der Waals surface area contributed by atoms with Crippen LogP contribution >= 0.6 is 0 Å². The highest BCUT2D eigenvalue weighted by molar-refractivity contribution is 5.68. The van der Waals surface area contributed by atoms with Gasteiger partial charge in [-0.3, -0.25) is 0 Å². The fraction of sp³-hybridized carbons (Fsp3) is 0.692. The number of hydrogen-bond acceptors (Lipinski definition) is 5. The zero-order valence-electron chi connectivity index (χ0n) is 11.9. The number of nitrogens with zero attached hydrogens (tertiary/aromatic N) is 2. The van der Waals surface area contributed by atoms with Crippen molar-refractivity contribution in [2.24, 2.45) is 0 Å². The van der Waals surface area contributed by atoms with Gasteiger partial charge >= 0.3 is 6.09 Å². The minimum atomic E-state index is -0.476. The Morgan fingerprint density at radius 3 is 2.89 bits per heavy atom. The van der Waals surface area contributed by atoms with E-state index in [1.165, 1.54) is 0 Å². The van der Waals surface area contributed by atoms with Crippen LogP contribution in [0.1, 0.15) is 37.8 Å². The van der Waals surface area contributed by atoms with Crippen molar-refractivity contribution in [3.05, 3.63) is 17.0 Å². The van der Waals surface area contributed by atoms with Gasteiger partial charge in [-0.15, -0.1) is 0 Å². The Kier molecular flexibility index (Phi) is 3.80. The molecule has 0 saturated carbocycles. The van der Waals surface area contributed by atoms with Crippen LogP contribution < -0.4 is 5.32 Å². The van der Waals surface area contributed by atoms with Gasteiger partial charge < -0.3 is 19.5 Å². The summed E-state index contributed by atoms with van der Waals surface area (Å²) in [5.41, 5.74) is 1.58. The second-order valence-corrected chi connectivity index (χ2v) is 5.71. The third kappa shape index (κ3) is 3.26. The van der Waals surface area contributed by atoms with Crippen molar-refractivity contribution < 1.29 is 14.1 Å². The zero-order valence-corrected chi connectivity index (χ0v) is 11.9. The van der Waals surface area contributed by atoms with Gasteiger partial charge in [0, 0.05) is 18.7 Å². The lowest BCUT2D eigenvalue weighted by Crippen LogP contribution is -2.39. The maximum atomic E-state index is 12.0. The second kappa shape index (κ2) is 5.21. The summed E-state index contributed by atoms with van der Waals surface area (Å²) in [6.07, 6.45) is 0.458. The third-order valence-corrected chi connectivity index (χ3v) is 2.91. The van der Waals surface area contributed by atoms with Crippen LogP contribution in [0.2, 0.25) is 0 Å². The number of amides is 1. The van der Waals surface area contributed by atoms with Crippen molar-refractivity contribution in [2.45, 2.75) is 45.9 Å². The van der Waals surface area contributed by atoms with E-state index in [4.69, 9.17) is 9.26 Å². The SMILES string of the molecule is CNCc1noc2c1CCN(C(=O)OC(C)(C)C)C2. The smallest absolute Gasteiger partial charge is 0.410 e. The number of carbonyl (C=O) groups is 1. The van der Waals surface area contributed by atoms with Gasteiger partial charge in [0.2, 0.25) is 0 Å². The van der Waals surface area contributed by atoms with Gasteiger partial charge in [0.05, 0.1) is 6.54 Å². The molecule has 106 valence electrons. The number of hydrogen-bond donors (Lipinski definition) is 1. The molecule has 1 aromatic heterocycles. The summed E-state index contributed by atoms with van der Waals surface area (Å²) in [5, 5.41) is 7.10. The van der Waals surface area contributed by atoms with Crippen LogP contribution in [0.5, 0.6) is 0 Å². The summed E-state index contributed by atoms with van der Waals surface area (Å²) in [5.74, 6) is 0.766. The van der Waals surface area contributed by atoms with Gasteiger partial charge in [0.15, 0.2) is 5.76 Å². The van der Waals surface area contributed by atoms with E-state index in [2.05, 4.69) is 10.5 Å². The molecule has 1 aromatic rings. The molecule has 0 unspecified atom stereocenters. The maximum Gasteiger partial charge on any atom is 0.410 e. The molecule has 1 amide bonds. The van der Waals surface area contributed by atoms with Crippen molar-refractivity contribution in [3.63, 3.8) is 0 Å². The van der Waals surface area contributed by atoms with E-state index < -0.39 is 5.60 Å². The predicted octanol–water partition coefficient (Wildman–Crippen LogP) is 1.69. The average Bonchev–Trinajstić information content (AvgIpc) is 2.70. The first-order valence-electron chi connectivity index (χ1n) is 6.49. The maximum absolute atomic E-state index is 12.0. The van der Waals surface area contributed by atoms with Gasteiger partial charge in [-0.1, -0.05) is 5.16 Å². The van der Waals surface area contributed by atoms with Crippen LogP contribution in [0, 0.1) is 0 Å². The predicted molar refractivity (Wildman–Crippen MR) is 69.6 cm³/mol. The number of nitrogens with one attached hydrogen (secondary N) is 1. The Morgan fingerprint density at radius 2 is 2.26 bits per heavy atom. The molecule has 0 aliphatic carbocycles. The summed E-state index contributed by atoms with van der Waals surface area (Å²) >= 11 is 0. The molecular weight excluding hydrogens is 246 g/mol. The molecule has 1 aliphatic heterocycles. The largest absolute Gasteiger partial charge is 0.444 e. The van der Waals surface area contributed by atoms with Crippen molar-refractivity contribution in [1.82, 2.24) is 15.4 Å². The minimum Gasteiger partial charge on any atom is -0.444 e. The first-order chi connectivity index (χ1) is 8.90. The highest BCUT2D eigenvalue weighted by Gasteiger charge is 2.29. The van der Waals surface area contributed by atoms with Crippen LogP contribution in [-0.4, -0.2) is 35.3 Å². The lowest BCUT2D eigenvalue weighted by molar-refractivity contribution is 0.0205. The molecule has 0 bridgehead atoms. The number of ether oxygens (including phenoxy) is 1. The summed E-state index contributed by atoms with van der Waals surface area (Å²) < 4.78 is 10.7. The number of fused-ring (bicyclic) bond motifs is 1. The molecule has 6 heteroatoms. The molecule has 0 radical (unpaired) electrons. The van der Waals surface area contributed by atoms with Crippen molar-refractivity contribution in [1.29, 1.82) is 0 Å². The van der Waals surface area contributed by atoms with E-state index in [9.17, 15) is 4.79 Å². The van der Waals surface area contributed by atoms with E-state index in [1.807, 2.05) is 27.8 Å². The minimum absolute atomic E-state index is 0.301. The molecule has 2 heterocycles. The molecule has 19 heavy (non-hydrogen) atoms. The van der Waals surface area contributed by atoms with Crippen molar-refractivity contribution in [2.75, 3.05) is 13.6 Å². The lowest BCUT2D eigenvalue weighted by atomic mass is 10.1. The van der Waals surface area contributed by atoms with Crippen LogP contribution in [0.3, 0.4) is 0 Å². The standard InChI is InChI=1S/C13H21N3O3/c1-13(2,3)18-12(17)16-6-5-9-10(7-14-4)15-19-11(9)8-16/h14H,5-8H2,1-4H3. The fourth-order valence-electron chi connectivity index (χ4n) is 2.08. The summed E-state index contributed by atoms with van der Waals surface area (Å²) in [7, 11) is 1.87. The van der Waals surface area contributed by atoms with Crippen molar-refractivity contribution in [3.8, 4) is 0 Å². The summed E-state index contributed by atoms with van der Waals surface area (Å²) in [6.45, 7) is 7.34. The number of rotatable bonds is 2. The van der Waals surface area contributed by atoms with E-state index in [0.29, 0.717) is 19.6 Å². The summed E-state index contributed by atoms with van der Waals surface area (Å²) in [4.78, 5) is 13.6. The van der Waals surface area contributed by atoms with E-state index >= 15 is 0 Å². The molecule has 1 N–H and O–H groups in total. The monoisotopic (exact) mass is 267 g/mol. The van der Waals surface area contributed by atoms with Crippen LogP contribution in [0.15, 0.2) is 4.52 Å². The Hall–Kier alpha value is -1.56. The quantitative estimate of drug-likeness (QED) is 0.883. The molecule has 0 fully saturated rings. The summed E-state index contributed by atoms with van der Waals surface area (Å²) in [6, 6.07) is 0. The topological polar surface area (TPSA) is 67.6 Å². The van der Waals surface area contributed by atoms with Gasteiger partial charge in [0.1, 0.15) is 11.3 Å². The normalized spacial score (nSPS) is 15.3.